The fourth-order valence-corrected chi connectivity index (χ4v) is 1.28. The number of nitrogens with two attached hydrogens (primary N) is 1. The minimum atomic E-state index is -4.58. The minimum absolute atomic E-state index is 0.358. The Bertz CT molecular complexity index is 518. The number of nitro groups is 1. The smallest absolute Gasteiger partial charge is 0.383 e. The summed E-state index contributed by atoms with van der Waals surface area (Å²) in [6.45, 7) is -1.49. The lowest BCUT2D eigenvalue weighted by atomic mass is 10.2. The first-order chi connectivity index (χ1) is 8.61. The van der Waals surface area contributed by atoms with Crippen LogP contribution in [0.4, 0.5) is 24.7 Å². The van der Waals surface area contributed by atoms with Crippen LogP contribution < -0.4 is 5.73 Å². The van der Waals surface area contributed by atoms with Gasteiger partial charge in [-0.15, -0.1) is 0 Å². The quantitative estimate of drug-likeness (QED) is 0.661. The van der Waals surface area contributed by atoms with E-state index < -0.39 is 34.8 Å². The van der Waals surface area contributed by atoms with Crippen LogP contribution in [0.25, 0.3) is 0 Å². The van der Waals surface area contributed by atoms with Gasteiger partial charge in [-0.3, -0.25) is 14.9 Å². The Kier molecular flexibility index (Phi) is 3.92. The number of aromatic nitrogens is 1. The zero-order valence-electron chi connectivity index (χ0n) is 9.64. The van der Waals surface area contributed by atoms with E-state index in [0.717, 1.165) is 19.3 Å². The van der Waals surface area contributed by atoms with Crippen molar-refractivity contribution in [1.29, 1.82) is 0 Å². The lowest BCUT2D eigenvalue weighted by Gasteiger charge is -2.19. The first-order valence-electron chi connectivity index (χ1n) is 4.84. The molecule has 0 aliphatic rings. The van der Waals surface area contributed by atoms with Crippen LogP contribution in [-0.2, 0) is 0 Å². The number of nitrogen functional groups attached to an aromatic ring is 1. The number of hydrogen-bond acceptors (Lipinski definition) is 5. The highest BCUT2D eigenvalue weighted by Crippen LogP contribution is 2.21. The van der Waals surface area contributed by atoms with Crippen molar-refractivity contribution < 1.29 is 22.9 Å². The van der Waals surface area contributed by atoms with Gasteiger partial charge in [0, 0.05) is 13.1 Å². The summed E-state index contributed by atoms with van der Waals surface area (Å²) in [5, 5.41) is 10.5. The SMILES string of the molecule is CN(CC(F)(F)F)C(=O)c1cc([N+](=O)[O-])cnc1N. The van der Waals surface area contributed by atoms with Crippen LogP contribution in [0.15, 0.2) is 12.3 Å². The Morgan fingerprint density at radius 3 is 2.63 bits per heavy atom. The molecule has 0 aliphatic carbocycles. The van der Waals surface area contributed by atoms with Crippen molar-refractivity contribution in [2.75, 3.05) is 19.3 Å². The van der Waals surface area contributed by atoms with Gasteiger partial charge in [0.25, 0.3) is 11.6 Å². The third-order valence-corrected chi connectivity index (χ3v) is 2.11. The van der Waals surface area contributed by atoms with Crippen LogP contribution in [0.1, 0.15) is 10.4 Å². The molecule has 1 rings (SSSR count). The molecule has 0 saturated carbocycles. The molecule has 10 heteroatoms. The minimum Gasteiger partial charge on any atom is -0.383 e. The number of hydrogen-bond donors (Lipinski definition) is 1. The molecule has 1 aromatic rings. The Balaban J connectivity index is 3.05. The number of amides is 1. The van der Waals surface area contributed by atoms with Crippen molar-refractivity contribution >= 4 is 17.4 Å². The van der Waals surface area contributed by atoms with Crippen LogP contribution in [0, 0.1) is 10.1 Å². The third-order valence-electron chi connectivity index (χ3n) is 2.11. The monoisotopic (exact) mass is 278 g/mol. The maximum Gasteiger partial charge on any atom is 0.406 e. The van der Waals surface area contributed by atoms with Crippen molar-refractivity contribution in [3.8, 4) is 0 Å². The Morgan fingerprint density at radius 1 is 1.58 bits per heavy atom. The molecule has 19 heavy (non-hydrogen) atoms. The first-order valence-corrected chi connectivity index (χ1v) is 4.84. The Hall–Kier alpha value is -2.39. The topological polar surface area (TPSA) is 102 Å². The predicted molar refractivity (Wildman–Crippen MR) is 58.3 cm³/mol. The molecule has 2 N–H and O–H groups in total. The van der Waals surface area contributed by atoms with Gasteiger partial charge in [0.2, 0.25) is 0 Å². The van der Waals surface area contributed by atoms with E-state index in [1.54, 1.807) is 0 Å². The summed E-state index contributed by atoms with van der Waals surface area (Å²) in [4.78, 5) is 25.1. The van der Waals surface area contributed by atoms with E-state index >= 15 is 0 Å². The Morgan fingerprint density at radius 2 is 2.16 bits per heavy atom. The molecule has 0 saturated heterocycles. The van der Waals surface area contributed by atoms with Crippen molar-refractivity contribution in [3.63, 3.8) is 0 Å². The van der Waals surface area contributed by atoms with E-state index in [0.29, 0.717) is 4.90 Å². The van der Waals surface area contributed by atoms with Gasteiger partial charge in [-0.1, -0.05) is 0 Å². The standard InChI is InChI=1S/C9H9F3N4O3/c1-15(4-9(10,11)12)8(17)6-2-5(16(18)19)3-14-7(6)13/h2-3H,4H2,1H3,(H2,13,14). The second kappa shape index (κ2) is 5.08. The maximum atomic E-state index is 12.1. The molecule has 0 aromatic carbocycles. The third kappa shape index (κ3) is 3.79. The highest BCUT2D eigenvalue weighted by Gasteiger charge is 2.32. The van der Waals surface area contributed by atoms with Crippen LogP contribution >= 0.6 is 0 Å². The largest absolute Gasteiger partial charge is 0.406 e. The summed E-state index contributed by atoms with van der Waals surface area (Å²) in [5.74, 6) is -1.46. The first kappa shape index (κ1) is 14.7. The molecule has 104 valence electrons. The molecule has 0 radical (unpaired) electrons. The number of pyridine rings is 1. The second-order valence-electron chi connectivity index (χ2n) is 3.66. The number of carbonyl (C=O) groups is 1. The molecule has 0 atom stereocenters. The number of anilines is 1. The van der Waals surface area contributed by atoms with Crippen LogP contribution in [0.5, 0.6) is 0 Å². The highest BCUT2D eigenvalue weighted by molar-refractivity contribution is 5.98. The maximum absolute atomic E-state index is 12.1. The fraction of sp³-hybridized carbons (Fsp3) is 0.333. The van der Waals surface area contributed by atoms with Crippen LogP contribution in [0.3, 0.4) is 0 Å². The molecule has 7 nitrogen and oxygen atoms in total. The second-order valence-corrected chi connectivity index (χ2v) is 3.66. The molecule has 0 bridgehead atoms. The molecule has 1 aromatic heterocycles. The van der Waals surface area contributed by atoms with Crippen molar-refractivity contribution in [2.24, 2.45) is 0 Å². The van der Waals surface area contributed by atoms with Gasteiger partial charge < -0.3 is 10.6 Å². The molecule has 1 amide bonds. The van der Waals surface area contributed by atoms with Crippen molar-refractivity contribution in [3.05, 3.63) is 27.9 Å². The summed E-state index contributed by atoms with van der Waals surface area (Å²) in [6, 6.07) is 0.789. The number of alkyl halides is 3. The van der Waals surface area contributed by atoms with Crippen LogP contribution in [0.2, 0.25) is 0 Å². The van der Waals surface area contributed by atoms with Gasteiger partial charge in [0.1, 0.15) is 18.6 Å². The number of rotatable bonds is 3. The molecular weight excluding hydrogens is 269 g/mol. The summed E-state index contributed by atoms with van der Waals surface area (Å²) in [5.41, 5.74) is 4.36. The van der Waals surface area contributed by atoms with Gasteiger partial charge in [-0.2, -0.15) is 13.2 Å². The lowest BCUT2D eigenvalue weighted by Crippen LogP contribution is -2.36. The van der Waals surface area contributed by atoms with Gasteiger partial charge in [0.15, 0.2) is 0 Å². The average Bonchev–Trinajstić information content (AvgIpc) is 2.26. The zero-order valence-corrected chi connectivity index (χ0v) is 9.64. The number of carbonyl (C=O) groups excluding carboxylic acids is 1. The van der Waals surface area contributed by atoms with Gasteiger partial charge in [-0.25, -0.2) is 4.98 Å². The van der Waals surface area contributed by atoms with E-state index in [9.17, 15) is 28.1 Å². The summed E-state index contributed by atoms with van der Waals surface area (Å²) >= 11 is 0. The number of nitrogens with zero attached hydrogens (tertiary/aromatic N) is 3. The summed E-state index contributed by atoms with van der Waals surface area (Å²) in [6.07, 6.45) is -3.76. The van der Waals surface area contributed by atoms with E-state index in [-0.39, 0.29) is 5.82 Å². The van der Waals surface area contributed by atoms with E-state index in [1.807, 2.05) is 0 Å². The van der Waals surface area contributed by atoms with E-state index in [4.69, 9.17) is 5.73 Å². The molecule has 0 spiro atoms. The summed E-state index contributed by atoms with van der Waals surface area (Å²) < 4.78 is 36.4. The molecule has 0 unspecified atom stereocenters. The van der Waals surface area contributed by atoms with Crippen molar-refractivity contribution in [1.82, 2.24) is 9.88 Å². The average molecular weight is 278 g/mol. The lowest BCUT2D eigenvalue weighted by molar-refractivity contribution is -0.385. The van der Waals surface area contributed by atoms with Crippen LogP contribution in [-0.4, -0.2) is 40.5 Å². The normalized spacial score (nSPS) is 11.2. The zero-order chi connectivity index (χ0) is 14.8. The molecule has 0 aliphatic heterocycles. The van der Waals surface area contributed by atoms with Gasteiger partial charge >= 0.3 is 6.18 Å². The van der Waals surface area contributed by atoms with E-state index in [2.05, 4.69) is 4.98 Å². The van der Waals surface area contributed by atoms with E-state index in [1.165, 1.54) is 0 Å². The van der Waals surface area contributed by atoms with Crippen molar-refractivity contribution in [2.45, 2.75) is 6.18 Å². The number of halogens is 3. The predicted octanol–water partition coefficient (Wildman–Crippen LogP) is 1.21. The summed E-state index contributed by atoms with van der Waals surface area (Å²) in [7, 11) is 0.911. The highest BCUT2D eigenvalue weighted by atomic mass is 19.4. The van der Waals surface area contributed by atoms with Gasteiger partial charge in [-0.05, 0) is 0 Å². The Labute approximate surface area is 105 Å². The van der Waals surface area contributed by atoms with Gasteiger partial charge in [0.05, 0.1) is 10.5 Å². The molecule has 1 heterocycles. The molecule has 0 fully saturated rings. The fourth-order valence-electron chi connectivity index (χ4n) is 1.28. The molecular formula is C9H9F3N4O3.